The zero-order valence-corrected chi connectivity index (χ0v) is 19.5. The maximum atomic E-state index is 14.3. The summed E-state index contributed by atoms with van der Waals surface area (Å²) in [5.41, 5.74) is 5.32. The molecule has 1 fully saturated rings. The molecule has 2 heterocycles. The minimum Gasteiger partial charge on any atom is -0.369 e. The Hall–Kier alpha value is -3.02. The maximum Gasteiger partial charge on any atom is 0.125 e. The zero-order chi connectivity index (χ0) is 23.3. The van der Waals surface area contributed by atoms with Gasteiger partial charge in [0.25, 0.3) is 0 Å². The molecule has 0 atom stereocenters. The number of benzene rings is 3. The predicted molar refractivity (Wildman–Crippen MR) is 135 cm³/mol. The monoisotopic (exact) mass is 459 g/mol. The molecule has 3 aromatic rings. The molecule has 34 heavy (non-hydrogen) atoms. The van der Waals surface area contributed by atoms with Crippen LogP contribution in [0.5, 0.6) is 0 Å². The lowest BCUT2D eigenvalue weighted by Crippen LogP contribution is -2.48. The molecule has 0 N–H and O–H groups in total. The second-order valence-corrected chi connectivity index (χ2v) is 9.17. The normalized spacial score (nSPS) is 17.2. The molecule has 0 radical (unpaired) electrons. The number of hydrogen-bond acceptors (Lipinski definition) is 3. The van der Waals surface area contributed by atoms with Crippen molar-refractivity contribution in [2.45, 2.75) is 13.0 Å². The van der Waals surface area contributed by atoms with Crippen LogP contribution in [0.4, 0.5) is 14.5 Å². The number of anilines is 1. The van der Waals surface area contributed by atoms with E-state index >= 15 is 0 Å². The Kier molecular flexibility index (Phi) is 7.02. The van der Waals surface area contributed by atoms with E-state index in [4.69, 9.17) is 0 Å². The molecule has 2 aliphatic heterocycles. The molecular formula is C29H31F2N3. The molecule has 0 aromatic heterocycles. The minimum absolute atomic E-state index is 0.223. The molecule has 0 spiro atoms. The fourth-order valence-corrected chi connectivity index (χ4v) is 5.00. The fourth-order valence-electron chi connectivity index (χ4n) is 5.00. The highest BCUT2D eigenvalue weighted by Gasteiger charge is 2.22. The van der Waals surface area contributed by atoms with E-state index < -0.39 is 0 Å². The third kappa shape index (κ3) is 5.37. The van der Waals surface area contributed by atoms with Gasteiger partial charge in [-0.05, 0) is 53.5 Å². The van der Waals surface area contributed by atoms with Gasteiger partial charge < -0.3 is 4.90 Å². The lowest BCUT2D eigenvalue weighted by molar-refractivity contribution is 0.129. The molecule has 0 bridgehead atoms. The molecule has 1 saturated heterocycles. The molecule has 5 rings (SSSR count). The summed E-state index contributed by atoms with van der Waals surface area (Å²) in [6.07, 6.45) is 3.07. The van der Waals surface area contributed by atoms with Gasteiger partial charge in [-0.1, -0.05) is 48.5 Å². The smallest absolute Gasteiger partial charge is 0.125 e. The summed E-state index contributed by atoms with van der Waals surface area (Å²) in [5.74, 6) is -0.471. The van der Waals surface area contributed by atoms with E-state index in [1.54, 1.807) is 18.2 Å². The summed E-state index contributed by atoms with van der Waals surface area (Å²) >= 11 is 0. The van der Waals surface area contributed by atoms with E-state index in [9.17, 15) is 8.78 Å². The van der Waals surface area contributed by atoms with Crippen LogP contribution in [0.15, 0.2) is 78.9 Å². The van der Waals surface area contributed by atoms with Gasteiger partial charge in [-0.15, -0.1) is 0 Å². The van der Waals surface area contributed by atoms with Gasteiger partial charge in [0, 0.05) is 63.6 Å². The highest BCUT2D eigenvalue weighted by molar-refractivity contribution is 5.87. The highest BCUT2D eigenvalue weighted by Crippen LogP contribution is 2.35. The van der Waals surface area contributed by atoms with Gasteiger partial charge in [-0.25, -0.2) is 8.78 Å². The first-order valence-corrected chi connectivity index (χ1v) is 12.2. The molecule has 0 aliphatic carbocycles. The Morgan fingerprint density at radius 3 is 2.15 bits per heavy atom. The van der Waals surface area contributed by atoms with Crippen molar-refractivity contribution in [1.82, 2.24) is 9.80 Å². The molecule has 0 saturated carbocycles. The van der Waals surface area contributed by atoms with Gasteiger partial charge in [0.05, 0.1) is 0 Å². The number of nitrogens with zero attached hydrogens (tertiary/aromatic N) is 3. The van der Waals surface area contributed by atoms with Crippen LogP contribution < -0.4 is 4.90 Å². The maximum absolute atomic E-state index is 14.3. The SMILES string of the molecule is Fc1ccc(C2=CCCN(CCN3CCN(Cc4ccccc4)CC3)c3cc(F)ccc32)cc1. The quantitative estimate of drug-likeness (QED) is 0.487. The molecule has 0 amide bonds. The summed E-state index contributed by atoms with van der Waals surface area (Å²) in [4.78, 5) is 7.34. The van der Waals surface area contributed by atoms with E-state index in [0.29, 0.717) is 0 Å². The average Bonchev–Trinajstić information content (AvgIpc) is 3.04. The molecule has 3 nitrogen and oxygen atoms in total. The third-order valence-electron chi connectivity index (χ3n) is 6.89. The number of piperazine rings is 1. The molecule has 2 aliphatic rings. The van der Waals surface area contributed by atoms with Gasteiger partial charge in [0.1, 0.15) is 11.6 Å². The van der Waals surface area contributed by atoms with Gasteiger partial charge in [0.2, 0.25) is 0 Å². The highest BCUT2D eigenvalue weighted by atomic mass is 19.1. The third-order valence-corrected chi connectivity index (χ3v) is 6.89. The molecule has 3 aromatic carbocycles. The van der Waals surface area contributed by atoms with Crippen molar-refractivity contribution >= 4 is 11.3 Å². The van der Waals surface area contributed by atoms with Crippen LogP contribution in [0, 0.1) is 11.6 Å². The average molecular weight is 460 g/mol. The number of rotatable bonds is 6. The number of halogens is 2. The van der Waals surface area contributed by atoms with Crippen molar-refractivity contribution in [2.75, 3.05) is 50.7 Å². The Balaban J connectivity index is 1.23. The van der Waals surface area contributed by atoms with Crippen LogP contribution in [-0.2, 0) is 6.54 Å². The van der Waals surface area contributed by atoms with E-state index in [0.717, 1.165) is 81.2 Å². The zero-order valence-electron chi connectivity index (χ0n) is 19.5. The van der Waals surface area contributed by atoms with Crippen molar-refractivity contribution < 1.29 is 8.78 Å². The van der Waals surface area contributed by atoms with Crippen molar-refractivity contribution in [3.8, 4) is 0 Å². The summed E-state index contributed by atoms with van der Waals surface area (Å²) in [6.45, 7) is 7.90. The second-order valence-electron chi connectivity index (χ2n) is 9.17. The van der Waals surface area contributed by atoms with Crippen molar-refractivity contribution in [3.63, 3.8) is 0 Å². The minimum atomic E-state index is -0.247. The number of fused-ring (bicyclic) bond motifs is 1. The molecule has 5 heteroatoms. The summed E-state index contributed by atoms with van der Waals surface area (Å²) < 4.78 is 27.8. The topological polar surface area (TPSA) is 9.72 Å². The molecule has 176 valence electrons. The Morgan fingerprint density at radius 1 is 0.676 bits per heavy atom. The lowest BCUT2D eigenvalue weighted by Gasteiger charge is -2.36. The van der Waals surface area contributed by atoms with Crippen molar-refractivity contribution in [3.05, 3.63) is 107 Å². The van der Waals surface area contributed by atoms with E-state index in [-0.39, 0.29) is 11.6 Å². The van der Waals surface area contributed by atoms with E-state index in [1.807, 2.05) is 6.07 Å². The first-order chi connectivity index (χ1) is 16.7. The second kappa shape index (κ2) is 10.5. The Morgan fingerprint density at radius 2 is 1.38 bits per heavy atom. The first-order valence-electron chi connectivity index (χ1n) is 12.2. The van der Waals surface area contributed by atoms with Crippen molar-refractivity contribution in [2.24, 2.45) is 0 Å². The van der Waals surface area contributed by atoms with Crippen LogP contribution in [-0.4, -0.2) is 55.6 Å². The molecule has 0 unspecified atom stereocenters. The van der Waals surface area contributed by atoms with Gasteiger partial charge >= 0.3 is 0 Å². The van der Waals surface area contributed by atoms with Gasteiger partial charge in [-0.2, -0.15) is 0 Å². The first kappa shape index (κ1) is 22.8. The fraction of sp³-hybridized carbons (Fsp3) is 0.310. The number of hydrogen-bond donors (Lipinski definition) is 0. The Labute approximate surface area is 200 Å². The van der Waals surface area contributed by atoms with Gasteiger partial charge in [0.15, 0.2) is 0 Å². The largest absolute Gasteiger partial charge is 0.369 e. The van der Waals surface area contributed by atoms with Crippen LogP contribution >= 0.6 is 0 Å². The van der Waals surface area contributed by atoms with E-state index in [2.05, 4.69) is 51.1 Å². The van der Waals surface area contributed by atoms with Crippen LogP contribution in [0.25, 0.3) is 5.57 Å². The summed E-state index contributed by atoms with van der Waals surface area (Å²) in [5, 5.41) is 0. The molecular weight excluding hydrogens is 428 g/mol. The summed E-state index contributed by atoms with van der Waals surface area (Å²) in [6, 6.07) is 22.3. The summed E-state index contributed by atoms with van der Waals surface area (Å²) in [7, 11) is 0. The van der Waals surface area contributed by atoms with Crippen molar-refractivity contribution in [1.29, 1.82) is 0 Å². The van der Waals surface area contributed by atoms with Crippen LogP contribution in [0.1, 0.15) is 23.1 Å². The standard InChI is InChI=1S/C29H31F2N3/c30-25-10-8-24(9-11-25)27-7-4-14-34(29-21-26(31)12-13-28(27)29)20-19-32-15-17-33(18-16-32)22-23-5-2-1-3-6-23/h1-3,5-13,21H,4,14-20,22H2. The van der Waals surface area contributed by atoms with Gasteiger partial charge in [-0.3, -0.25) is 9.80 Å². The Bertz CT molecular complexity index is 1120. The van der Waals surface area contributed by atoms with Crippen LogP contribution in [0.3, 0.4) is 0 Å². The predicted octanol–water partition coefficient (Wildman–Crippen LogP) is 5.42. The van der Waals surface area contributed by atoms with E-state index in [1.165, 1.54) is 23.8 Å². The van der Waals surface area contributed by atoms with Crippen LogP contribution in [0.2, 0.25) is 0 Å². The lowest BCUT2D eigenvalue weighted by atomic mass is 9.96.